The van der Waals surface area contributed by atoms with E-state index in [0.717, 1.165) is 25.6 Å². The van der Waals surface area contributed by atoms with Gasteiger partial charge in [-0.05, 0) is 26.4 Å². The van der Waals surface area contributed by atoms with Gasteiger partial charge in [0.2, 0.25) is 5.95 Å². The highest BCUT2D eigenvalue weighted by molar-refractivity contribution is 5.28. The van der Waals surface area contributed by atoms with Gasteiger partial charge >= 0.3 is 0 Å². The fourth-order valence-corrected chi connectivity index (χ4v) is 2.00. The van der Waals surface area contributed by atoms with E-state index in [1.807, 2.05) is 6.20 Å². The van der Waals surface area contributed by atoms with Crippen molar-refractivity contribution >= 4 is 5.95 Å². The predicted molar refractivity (Wildman–Crippen MR) is 73.0 cm³/mol. The molecule has 1 heterocycles. The first-order valence-electron chi connectivity index (χ1n) is 6.72. The third kappa shape index (κ3) is 3.46. The van der Waals surface area contributed by atoms with Crippen LogP contribution in [0.25, 0.3) is 0 Å². The molecule has 0 saturated heterocycles. The van der Waals surface area contributed by atoms with Gasteiger partial charge in [0.25, 0.3) is 0 Å². The van der Waals surface area contributed by atoms with Crippen LogP contribution in [-0.2, 0) is 4.74 Å². The van der Waals surface area contributed by atoms with Crippen molar-refractivity contribution in [3.63, 3.8) is 0 Å². The van der Waals surface area contributed by atoms with Crippen molar-refractivity contribution in [3.8, 4) is 0 Å². The van der Waals surface area contributed by atoms with Crippen LogP contribution in [0.5, 0.6) is 0 Å². The number of methoxy groups -OCH3 is 1. The van der Waals surface area contributed by atoms with Crippen LogP contribution in [0, 0.1) is 0 Å². The molecule has 1 saturated carbocycles. The lowest BCUT2D eigenvalue weighted by atomic mass is 10.3. The number of hydrogen-bond donors (Lipinski definition) is 1. The zero-order valence-corrected chi connectivity index (χ0v) is 11.6. The maximum absolute atomic E-state index is 5.50. The topological polar surface area (TPSA) is 42.3 Å². The van der Waals surface area contributed by atoms with Crippen LogP contribution in [0.1, 0.15) is 25.8 Å². The Morgan fingerprint density at radius 3 is 3.00 bits per heavy atom. The van der Waals surface area contributed by atoms with Gasteiger partial charge < -0.3 is 19.5 Å². The van der Waals surface area contributed by atoms with Crippen molar-refractivity contribution in [1.82, 2.24) is 14.5 Å². The fourth-order valence-electron chi connectivity index (χ4n) is 2.00. The molecular formula is C13H24N4O. The molecule has 1 fully saturated rings. The predicted octanol–water partition coefficient (Wildman–Crippen LogP) is 1.60. The average molecular weight is 252 g/mol. The summed E-state index contributed by atoms with van der Waals surface area (Å²) >= 11 is 0. The SMILES string of the molecule is CCN(C)CC(CNc1nccn1C1CC1)OC. The Balaban J connectivity index is 1.83. The Bertz CT molecular complexity index is 362. The molecular weight excluding hydrogens is 228 g/mol. The number of anilines is 1. The maximum atomic E-state index is 5.50. The van der Waals surface area contributed by atoms with Gasteiger partial charge in [-0.2, -0.15) is 0 Å². The number of ether oxygens (including phenoxy) is 1. The molecule has 0 spiro atoms. The number of nitrogens with one attached hydrogen (secondary N) is 1. The van der Waals surface area contributed by atoms with Crippen molar-refractivity contribution in [1.29, 1.82) is 0 Å². The first-order chi connectivity index (χ1) is 8.74. The summed E-state index contributed by atoms with van der Waals surface area (Å²) in [5.41, 5.74) is 0. The second-order valence-corrected chi connectivity index (χ2v) is 4.98. The number of rotatable bonds is 8. The van der Waals surface area contributed by atoms with Crippen LogP contribution in [-0.4, -0.2) is 54.3 Å². The molecule has 0 amide bonds. The van der Waals surface area contributed by atoms with Crippen molar-refractivity contribution < 1.29 is 4.74 Å². The standard InChI is InChI=1S/C13H24N4O/c1-4-16(2)10-12(18-3)9-15-13-14-7-8-17(13)11-5-6-11/h7-8,11-12H,4-6,9-10H2,1-3H3,(H,14,15). The highest BCUT2D eigenvalue weighted by Gasteiger charge is 2.25. The van der Waals surface area contributed by atoms with Gasteiger partial charge in [-0.1, -0.05) is 6.92 Å². The zero-order valence-electron chi connectivity index (χ0n) is 11.6. The van der Waals surface area contributed by atoms with Gasteiger partial charge in [-0.15, -0.1) is 0 Å². The minimum atomic E-state index is 0.194. The molecule has 1 aromatic heterocycles. The second kappa shape index (κ2) is 6.20. The summed E-state index contributed by atoms with van der Waals surface area (Å²) in [6.45, 7) is 4.92. The Labute approximate surface area is 109 Å². The minimum Gasteiger partial charge on any atom is -0.378 e. The lowest BCUT2D eigenvalue weighted by molar-refractivity contribution is 0.0826. The molecule has 0 radical (unpaired) electrons. The monoisotopic (exact) mass is 252 g/mol. The number of likely N-dealkylation sites (N-methyl/N-ethyl adjacent to an activating group) is 1. The summed E-state index contributed by atoms with van der Waals surface area (Å²) in [6, 6.07) is 0.661. The van der Waals surface area contributed by atoms with E-state index >= 15 is 0 Å². The van der Waals surface area contributed by atoms with Crippen LogP contribution >= 0.6 is 0 Å². The van der Waals surface area contributed by atoms with Crippen LogP contribution in [0.3, 0.4) is 0 Å². The molecule has 0 bridgehead atoms. The zero-order chi connectivity index (χ0) is 13.0. The number of aromatic nitrogens is 2. The third-order valence-electron chi connectivity index (χ3n) is 3.49. The van der Waals surface area contributed by atoms with Crippen LogP contribution in [0.15, 0.2) is 12.4 Å². The van der Waals surface area contributed by atoms with Crippen molar-refractivity contribution in [3.05, 3.63) is 12.4 Å². The molecule has 0 aliphatic heterocycles. The van der Waals surface area contributed by atoms with E-state index in [2.05, 4.69) is 39.9 Å². The first-order valence-corrected chi connectivity index (χ1v) is 6.72. The Morgan fingerprint density at radius 2 is 2.39 bits per heavy atom. The molecule has 0 aromatic carbocycles. The molecule has 1 aromatic rings. The number of hydrogen-bond acceptors (Lipinski definition) is 4. The Morgan fingerprint density at radius 1 is 1.61 bits per heavy atom. The smallest absolute Gasteiger partial charge is 0.203 e. The van der Waals surface area contributed by atoms with Gasteiger partial charge in [-0.25, -0.2) is 4.98 Å². The average Bonchev–Trinajstić information content (AvgIpc) is 3.13. The van der Waals surface area contributed by atoms with Crippen LogP contribution in [0.4, 0.5) is 5.95 Å². The minimum absolute atomic E-state index is 0.194. The van der Waals surface area contributed by atoms with E-state index in [0.29, 0.717) is 6.04 Å². The van der Waals surface area contributed by atoms with Gasteiger partial charge in [0.1, 0.15) is 0 Å². The molecule has 1 unspecified atom stereocenters. The fraction of sp³-hybridized carbons (Fsp3) is 0.769. The van der Waals surface area contributed by atoms with Crippen LogP contribution < -0.4 is 5.32 Å². The summed E-state index contributed by atoms with van der Waals surface area (Å²) in [4.78, 5) is 6.62. The van der Waals surface area contributed by atoms with Crippen molar-refractivity contribution in [2.24, 2.45) is 0 Å². The lowest BCUT2D eigenvalue weighted by Gasteiger charge is -2.22. The van der Waals surface area contributed by atoms with Gasteiger partial charge in [-0.3, -0.25) is 0 Å². The van der Waals surface area contributed by atoms with E-state index < -0.39 is 0 Å². The van der Waals surface area contributed by atoms with Gasteiger partial charge in [0.05, 0.1) is 6.10 Å². The molecule has 1 aliphatic rings. The van der Waals surface area contributed by atoms with Gasteiger partial charge in [0.15, 0.2) is 0 Å². The first kappa shape index (κ1) is 13.4. The van der Waals surface area contributed by atoms with Crippen LogP contribution in [0.2, 0.25) is 0 Å². The van der Waals surface area contributed by atoms with E-state index in [9.17, 15) is 0 Å². The Kier molecular flexibility index (Phi) is 4.60. The highest BCUT2D eigenvalue weighted by atomic mass is 16.5. The molecule has 1 aliphatic carbocycles. The van der Waals surface area contributed by atoms with E-state index in [4.69, 9.17) is 4.74 Å². The molecule has 1 atom stereocenters. The Hall–Kier alpha value is -1.07. The molecule has 18 heavy (non-hydrogen) atoms. The summed E-state index contributed by atoms with van der Waals surface area (Å²) < 4.78 is 7.73. The number of nitrogens with zero attached hydrogens (tertiary/aromatic N) is 3. The molecule has 1 N–H and O–H groups in total. The number of imidazole rings is 1. The third-order valence-corrected chi connectivity index (χ3v) is 3.49. The summed E-state index contributed by atoms with van der Waals surface area (Å²) in [5.74, 6) is 0.971. The summed E-state index contributed by atoms with van der Waals surface area (Å²) in [7, 11) is 3.88. The van der Waals surface area contributed by atoms with Gasteiger partial charge in [0, 0.05) is 38.6 Å². The van der Waals surface area contributed by atoms with E-state index in [1.165, 1.54) is 12.8 Å². The van der Waals surface area contributed by atoms with E-state index in [1.54, 1.807) is 7.11 Å². The second-order valence-electron chi connectivity index (χ2n) is 4.98. The molecule has 2 rings (SSSR count). The quantitative estimate of drug-likeness (QED) is 0.763. The van der Waals surface area contributed by atoms with E-state index in [-0.39, 0.29) is 6.10 Å². The molecule has 102 valence electrons. The normalized spacial score (nSPS) is 17.1. The molecule has 5 nitrogen and oxygen atoms in total. The molecule has 5 heteroatoms. The van der Waals surface area contributed by atoms with Crippen molar-refractivity contribution in [2.75, 3.05) is 39.1 Å². The summed E-state index contributed by atoms with van der Waals surface area (Å²) in [6.07, 6.45) is 6.66. The highest BCUT2D eigenvalue weighted by Crippen LogP contribution is 2.36. The maximum Gasteiger partial charge on any atom is 0.203 e. The lowest BCUT2D eigenvalue weighted by Crippen LogP contribution is -2.35. The largest absolute Gasteiger partial charge is 0.378 e. The van der Waals surface area contributed by atoms with Crippen molar-refractivity contribution in [2.45, 2.75) is 31.9 Å². The summed E-state index contributed by atoms with van der Waals surface area (Å²) in [5, 5.41) is 3.40.